The first-order valence-electron chi connectivity index (χ1n) is 10.3. The molecule has 1 unspecified atom stereocenters. The van der Waals surface area contributed by atoms with E-state index < -0.39 is 12.2 Å². The molecule has 0 spiro atoms. The third-order valence-corrected chi connectivity index (χ3v) is 4.66. The van der Waals surface area contributed by atoms with Gasteiger partial charge in [-0.25, -0.2) is 0 Å². The van der Waals surface area contributed by atoms with E-state index in [0.717, 1.165) is 17.5 Å². The van der Waals surface area contributed by atoms with Gasteiger partial charge in [0.05, 0.1) is 24.5 Å². The molecule has 1 aliphatic heterocycles. The zero-order valence-corrected chi connectivity index (χ0v) is 18.6. The van der Waals surface area contributed by atoms with Crippen molar-refractivity contribution in [2.75, 3.05) is 37.8 Å². The molecule has 2 aromatic rings. The number of aryl methyl sites for hydroxylation is 1. The van der Waals surface area contributed by atoms with Crippen LogP contribution in [0.2, 0.25) is 0 Å². The van der Waals surface area contributed by atoms with E-state index in [4.69, 9.17) is 4.74 Å². The Balaban J connectivity index is 1.72. The van der Waals surface area contributed by atoms with Crippen molar-refractivity contribution >= 4 is 17.3 Å². The Bertz CT molecular complexity index is 1040. The van der Waals surface area contributed by atoms with Crippen LogP contribution in [0.5, 0.6) is 11.5 Å². The molecule has 0 radical (unpaired) electrons. The average Bonchev–Trinajstić information content (AvgIpc) is 2.73. The topological polar surface area (TPSA) is 62.8 Å². The van der Waals surface area contributed by atoms with Gasteiger partial charge in [-0.2, -0.15) is 8.78 Å². The van der Waals surface area contributed by atoms with Gasteiger partial charge in [-0.15, -0.1) is 0 Å². The van der Waals surface area contributed by atoms with Crippen LogP contribution in [0.25, 0.3) is 0 Å². The number of fused-ring (bicyclic) bond motifs is 1. The molecule has 2 N–H and O–H groups in total. The molecule has 0 bridgehead atoms. The number of halogens is 2. The number of carbonyl (C=O) groups excluding carboxylic acids is 1. The minimum Gasteiger partial charge on any atom is -0.477 e. The van der Waals surface area contributed by atoms with Gasteiger partial charge in [-0.1, -0.05) is 24.8 Å². The molecule has 32 heavy (non-hydrogen) atoms. The van der Waals surface area contributed by atoms with Gasteiger partial charge in [-0.3, -0.25) is 9.69 Å². The number of amides is 1. The molecule has 0 aromatic heterocycles. The minimum absolute atomic E-state index is 0.00667. The number of benzene rings is 2. The summed E-state index contributed by atoms with van der Waals surface area (Å²) in [5.74, 6) is 6.29. The Hall–Kier alpha value is -3.31. The summed E-state index contributed by atoms with van der Waals surface area (Å²) >= 11 is 0. The molecule has 2 aromatic carbocycles. The Kier molecular flexibility index (Phi) is 7.21. The lowest BCUT2D eigenvalue weighted by Gasteiger charge is -2.27. The fourth-order valence-electron chi connectivity index (χ4n) is 3.09. The van der Waals surface area contributed by atoms with Crippen LogP contribution < -0.4 is 20.1 Å². The highest BCUT2D eigenvalue weighted by molar-refractivity contribution is 5.96. The maximum absolute atomic E-state index is 13.1. The summed E-state index contributed by atoms with van der Waals surface area (Å²) in [5, 5.41) is 5.94. The predicted octanol–water partition coefficient (Wildman–Crippen LogP) is 3.97. The molecule has 3 rings (SSSR count). The summed E-state index contributed by atoms with van der Waals surface area (Å²) in [6, 6.07) is 10.1. The summed E-state index contributed by atoms with van der Waals surface area (Å²) in [4.78, 5) is 14.8. The summed E-state index contributed by atoms with van der Waals surface area (Å²) in [5.41, 5.74) is 2.96. The second kappa shape index (κ2) is 9.88. The number of hydrogen-bond donors (Lipinski definition) is 2. The number of hydrogen-bond acceptors (Lipinski definition) is 5. The van der Waals surface area contributed by atoms with Crippen molar-refractivity contribution in [3.63, 3.8) is 0 Å². The predicted molar refractivity (Wildman–Crippen MR) is 120 cm³/mol. The first-order chi connectivity index (χ1) is 15.1. The van der Waals surface area contributed by atoms with E-state index in [1.807, 2.05) is 37.2 Å². The molecule has 1 heterocycles. The maximum atomic E-state index is 13.1. The van der Waals surface area contributed by atoms with E-state index >= 15 is 0 Å². The fourth-order valence-corrected chi connectivity index (χ4v) is 3.09. The van der Waals surface area contributed by atoms with Crippen LogP contribution in [0.15, 0.2) is 36.4 Å². The van der Waals surface area contributed by atoms with Gasteiger partial charge in [0.15, 0.2) is 6.10 Å². The third kappa shape index (κ3) is 6.34. The largest absolute Gasteiger partial charge is 0.477 e. The zero-order chi connectivity index (χ0) is 23.3. The standard InChI is InChI=1S/C24H27F2N3O3/c1-5-16-8-10-19(17(13-16)7-6-12-29(3)4)28-23(30)22-15-27-20-14-18(32-24(2,25)26)9-11-21(20)31-22/h8-11,13-14,22,27H,5,12,15H2,1-4H3,(H,28,30). The SMILES string of the molecule is CCc1ccc(NC(=O)C2CNc3cc(OC(C)(F)F)ccc3O2)c(C#CCN(C)C)c1. The quantitative estimate of drug-likeness (QED) is 0.662. The summed E-state index contributed by atoms with van der Waals surface area (Å²) < 4.78 is 36.5. The third-order valence-electron chi connectivity index (χ3n) is 4.66. The number of carbonyl (C=O) groups is 1. The average molecular weight is 443 g/mol. The van der Waals surface area contributed by atoms with Crippen LogP contribution >= 0.6 is 0 Å². The van der Waals surface area contributed by atoms with Gasteiger partial charge in [0.1, 0.15) is 11.5 Å². The van der Waals surface area contributed by atoms with Crippen molar-refractivity contribution in [3.05, 3.63) is 47.5 Å². The van der Waals surface area contributed by atoms with Gasteiger partial charge < -0.3 is 20.1 Å². The first kappa shape index (κ1) is 23.4. The number of ether oxygens (including phenoxy) is 2. The second-order valence-electron chi connectivity index (χ2n) is 7.82. The van der Waals surface area contributed by atoms with E-state index in [9.17, 15) is 13.6 Å². The summed E-state index contributed by atoms with van der Waals surface area (Å²) in [6.07, 6.45) is -3.22. The zero-order valence-electron chi connectivity index (χ0n) is 18.6. The summed E-state index contributed by atoms with van der Waals surface area (Å²) in [6.45, 7) is 3.51. The highest BCUT2D eigenvalue weighted by Gasteiger charge is 2.28. The molecule has 0 fully saturated rings. The molecule has 0 saturated heterocycles. The molecular weight excluding hydrogens is 416 g/mol. The maximum Gasteiger partial charge on any atom is 0.394 e. The van der Waals surface area contributed by atoms with Crippen molar-refractivity contribution < 1.29 is 23.0 Å². The highest BCUT2D eigenvalue weighted by atomic mass is 19.3. The molecular formula is C24H27F2N3O3. The highest BCUT2D eigenvalue weighted by Crippen LogP contribution is 2.34. The van der Waals surface area contributed by atoms with Gasteiger partial charge in [0.25, 0.3) is 5.91 Å². The van der Waals surface area contributed by atoms with Crippen molar-refractivity contribution in [1.82, 2.24) is 4.90 Å². The van der Waals surface area contributed by atoms with Crippen LogP contribution in [0.3, 0.4) is 0 Å². The first-order valence-corrected chi connectivity index (χ1v) is 10.3. The van der Waals surface area contributed by atoms with Crippen LogP contribution in [-0.4, -0.2) is 50.2 Å². The monoisotopic (exact) mass is 443 g/mol. The number of rotatable bonds is 6. The van der Waals surface area contributed by atoms with Crippen molar-refractivity contribution in [2.45, 2.75) is 32.5 Å². The number of nitrogens with one attached hydrogen (secondary N) is 2. The van der Waals surface area contributed by atoms with E-state index in [1.54, 1.807) is 0 Å². The van der Waals surface area contributed by atoms with Crippen LogP contribution in [0, 0.1) is 11.8 Å². The van der Waals surface area contributed by atoms with Crippen molar-refractivity contribution in [1.29, 1.82) is 0 Å². The van der Waals surface area contributed by atoms with Gasteiger partial charge in [-0.05, 0) is 50.3 Å². The molecule has 170 valence electrons. The molecule has 0 aliphatic carbocycles. The van der Waals surface area contributed by atoms with E-state index in [2.05, 4.69) is 34.1 Å². The Morgan fingerprint density at radius 3 is 2.78 bits per heavy atom. The Morgan fingerprint density at radius 1 is 1.31 bits per heavy atom. The van der Waals surface area contributed by atoms with E-state index in [0.29, 0.717) is 30.6 Å². The number of nitrogens with zero attached hydrogens (tertiary/aromatic N) is 1. The van der Waals surface area contributed by atoms with Crippen LogP contribution in [0.1, 0.15) is 25.0 Å². The summed E-state index contributed by atoms with van der Waals surface area (Å²) in [7, 11) is 3.88. The molecule has 0 saturated carbocycles. The van der Waals surface area contributed by atoms with E-state index in [-0.39, 0.29) is 18.2 Å². The Morgan fingerprint density at radius 2 is 2.09 bits per heavy atom. The normalized spacial score (nSPS) is 15.0. The van der Waals surface area contributed by atoms with Gasteiger partial charge >= 0.3 is 6.11 Å². The minimum atomic E-state index is -3.29. The van der Waals surface area contributed by atoms with Crippen molar-refractivity contribution in [2.24, 2.45) is 0 Å². The lowest BCUT2D eigenvalue weighted by Crippen LogP contribution is -2.41. The molecule has 6 nitrogen and oxygen atoms in total. The lowest BCUT2D eigenvalue weighted by atomic mass is 10.1. The molecule has 1 amide bonds. The van der Waals surface area contributed by atoms with Crippen LogP contribution in [-0.2, 0) is 11.2 Å². The molecule has 1 aliphatic rings. The fraction of sp³-hybridized carbons (Fsp3) is 0.375. The van der Waals surface area contributed by atoms with Gasteiger partial charge in [0.2, 0.25) is 0 Å². The van der Waals surface area contributed by atoms with Crippen LogP contribution in [0.4, 0.5) is 20.2 Å². The van der Waals surface area contributed by atoms with E-state index in [1.165, 1.54) is 18.2 Å². The molecule has 1 atom stereocenters. The Labute approximate surface area is 186 Å². The lowest BCUT2D eigenvalue weighted by molar-refractivity contribution is -0.158. The second-order valence-corrected chi connectivity index (χ2v) is 7.82. The molecule has 8 heteroatoms. The number of alkyl halides is 2. The van der Waals surface area contributed by atoms with Gasteiger partial charge in [0, 0.05) is 18.6 Å². The number of anilines is 2. The van der Waals surface area contributed by atoms with Crippen molar-refractivity contribution in [3.8, 4) is 23.3 Å². The smallest absolute Gasteiger partial charge is 0.394 e.